The number of imide groups is 1. The van der Waals surface area contributed by atoms with Crippen molar-refractivity contribution >= 4 is 56.5 Å². The van der Waals surface area contributed by atoms with Crippen LogP contribution in [0.25, 0.3) is 33.0 Å². The number of carbonyl (C=O) groups excluding carboxylic acids is 2. The van der Waals surface area contributed by atoms with Gasteiger partial charge < -0.3 is 14.9 Å². The topological polar surface area (TPSA) is 78.9 Å². The van der Waals surface area contributed by atoms with Crippen molar-refractivity contribution in [2.24, 2.45) is 0 Å². The quantitative estimate of drug-likeness (QED) is 0.229. The molecule has 3 heterocycles. The number of hydrogen-bond donors (Lipinski definition) is 3. The van der Waals surface area contributed by atoms with Crippen LogP contribution in [-0.2, 0) is 16.1 Å². The lowest BCUT2D eigenvalue weighted by Crippen LogP contribution is -2.22. The molecule has 3 N–H and O–H groups in total. The fourth-order valence-electron chi connectivity index (χ4n) is 4.46. The molecule has 2 aromatic carbocycles. The average molecular weight is 445 g/mol. The van der Waals surface area contributed by atoms with E-state index in [1.165, 1.54) is 0 Å². The van der Waals surface area contributed by atoms with Crippen LogP contribution in [0.5, 0.6) is 0 Å². The van der Waals surface area contributed by atoms with Crippen LogP contribution in [0.2, 0.25) is 0 Å². The molecule has 0 saturated heterocycles. The maximum atomic E-state index is 13.1. The normalized spacial score (nSPS) is 14.2. The molecule has 0 saturated carbocycles. The molecule has 2 aromatic heterocycles. The van der Waals surface area contributed by atoms with E-state index in [9.17, 15) is 9.59 Å². The number of thioether (sulfide) groups is 1. The number of amides is 2. The number of nitrogens with zero attached hydrogens (tertiary/aromatic N) is 1. The molecule has 6 nitrogen and oxygen atoms in total. The van der Waals surface area contributed by atoms with Gasteiger partial charge in [-0.2, -0.15) is 0 Å². The number of aromatic nitrogens is 2. The first kappa shape index (κ1) is 20.6. The minimum absolute atomic E-state index is 0.348. The second-order valence-corrected chi connectivity index (χ2v) is 8.74. The zero-order valence-electron chi connectivity index (χ0n) is 18.0. The first-order valence-electron chi connectivity index (χ1n) is 10.6. The molecule has 2 amide bonds. The Morgan fingerprint density at radius 2 is 1.78 bits per heavy atom. The summed E-state index contributed by atoms with van der Waals surface area (Å²) in [5, 5.41) is 7.62. The van der Waals surface area contributed by atoms with Gasteiger partial charge in [-0.05, 0) is 50.5 Å². The Hall–Kier alpha value is -3.29. The van der Waals surface area contributed by atoms with Crippen LogP contribution in [-0.4, -0.2) is 41.2 Å². The van der Waals surface area contributed by atoms with E-state index in [4.69, 9.17) is 0 Å². The Morgan fingerprint density at radius 1 is 1.00 bits per heavy atom. The van der Waals surface area contributed by atoms with Crippen molar-refractivity contribution in [1.29, 1.82) is 0 Å². The lowest BCUT2D eigenvalue weighted by molar-refractivity contribution is -0.122. The summed E-state index contributed by atoms with van der Waals surface area (Å²) < 4.78 is 2.18. The number of aromatic amines is 1. The Labute approximate surface area is 190 Å². The molecule has 0 fully saturated rings. The molecular formula is C25H24N4O2S. The van der Waals surface area contributed by atoms with Crippen LogP contribution in [0.4, 0.5) is 0 Å². The molecule has 0 atom stereocenters. The standard InChI is InChI=1S/C25H24N4O2S/c1-26-10-5-11-29-14-19(17-12-15(32-2)8-9-21(17)29)23-22(24(30)28-25(23)31)18-13-27-20-7-4-3-6-16(18)20/h3-4,6-9,12-14,26-27H,5,10-11H2,1-2H3,(H,28,30,31). The van der Waals surface area contributed by atoms with E-state index in [1.807, 2.05) is 50.0 Å². The summed E-state index contributed by atoms with van der Waals surface area (Å²) in [7, 11) is 1.94. The summed E-state index contributed by atoms with van der Waals surface area (Å²) in [6.07, 6.45) is 6.83. The lowest BCUT2D eigenvalue weighted by atomic mass is 9.95. The van der Waals surface area contributed by atoms with Crippen LogP contribution in [0.1, 0.15) is 17.5 Å². The summed E-state index contributed by atoms with van der Waals surface area (Å²) >= 11 is 1.66. The molecule has 5 rings (SSSR count). The molecular weight excluding hydrogens is 420 g/mol. The zero-order valence-corrected chi connectivity index (χ0v) is 18.8. The van der Waals surface area contributed by atoms with Crippen LogP contribution >= 0.6 is 11.8 Å². The average Bonchev–Trinajstić information content (AvgIpc) is 3.46. The monoisotopic (exact) mass is 444 g/mol. The summed E-state index contributed by atoms with van der Waals surface area (Å²) in [5.74, 6) is -0.703. The number of para-hydroxylation sites is 1. The van der Waals surface area contributed by atoms with Crippen molar-refractivity contribution in [2.75, 3.05) is 19.8 Å². The summed E-state index contributed by atoms with van der Waals surface area (Å²) in [6.45, 7) is 1.72. The maximum absolute atomic E-state index is 13.1. The van der Waals surface area contributed by atoms with Crippen molar-refractivity contribution < 1.29 is 9.59 Å². The van der Waals surface area contributed by atoms with Gasteiger partial charge >= 0.3 is 0 Å². The van der Waals surface area contributed by atoms with Crippen molar-refractivity contribution in [2.45, 2.75) is 17.9 Å². The second-order valence-electron chi connectivity index (χ2n) is 7.86. The molecule has 7 heteroatoms. The molecule has 1 aliphatic heterocycles. The number of benzene rings is 2. The molecule has 0 bridgehead atoms. The Kier molecular flexibility index (Phi) is 5.36. The number of carbonyl (C=O) groups is 2. The molecule has 162 valence electrons. The van der Waals surface area contributed by atoms with Crippen molar-refractivity contribution in [3.8, 4) is 0 Å². The number of H-pyrrole nitrogens is 1. The van der Waals surface area contributed by atoms with Gasteiger partial charge in [0.25, 0.3) is 11.8 Å². The predicted octanol–water partition coefficient (Wildman–Crippen LogP) is 4.02. The minimum Gasteiger partial charge on any atom is -0.361 e. The van der Waals surface area contributed by atoms with Gasteiger partial charge in [-0.15, -0.1) is 11.8 Å². The van der Waals surface area contributed by atoms with E-state index < -0.39 is 0 Å². The molecule has 0 unspecified atom stereocenters. The highest BCUT2D eigenvalue weighted by Gasteiger charge is 2.35. The zero-order chi connectivity index (χ0) is 22.2. The molecule has 0 aliphatic carbocycles. The Morgan fingerprint density at radius 3 is 2.56 bits per heavy atom. The van der Waals surface area contributed by atoms with E-state index in [2.05, 4.69) is 38.4 Å². The van der Waals surface area contributed by atoms with Crippen molar-refractivity contribution in [1.82, 2.24) is 20.2 Å². The summed E-state index contributed by atoms with van der Waals surface area (Å²) in [6, 6.07) is 14.1. The largest absolute Gasteiger partial charge is 0.361 e. The van der Waals surface area contributed by atoms with E-state index >= 15 is 0 Å². The third-order valence-corrected chi connectivity index (χ3v) is 6.70. The third-order valence-electron chi connectivity index (χ3n) is 5.97. The molecule has 0 spiro atoms. The summed E-state index contributed by atoms with van der Waals surface area (Å²) in [5.41, 5.74) is 4.40. The SMILES string of the molecule is CNCCCn1cc(C2=C(c3c[nH]c4ccccc34)C(=O)NC2=O)c2cc(SC)ccc21. The molecule has 32 heavy (non-hydrogen) atoms. The van der Waals surface area contributed by atoms with Crippen LogP contribution in [0.15, 0.2) is 59.8 Å². The summed E-state index contributed by atoms with van der Waals surface area (Å²) in [4.78, 5) is 30.4. The number of hydrogen-bond acceptors (Lipinski definition) is 4. The van der Waals surface area contributed by atoms with E-state index in [1.54, 1.807) is 11.8 Å². The van der Waals surface area contributed by atoms with Gasteiger partial charge in [0, 0.05) is 56.8 Å². The van der Waals surface area contributed by atoms with Crippen LogP contribution < -0.4 is 10.6 Å². The number of fused-ring (bicyclic) bond motifs is 2. The van der Waals surface area contributed by atoms with Gasteiger partial charge in [0.1, 0.15) is 0 Å². The van der Waals surface area contributed by atoms with Gasteiger partial charge in [0.15, 0.2) is 0 Å². The highest BCUT2D eigenvalue weighted by molar-refractivity contribution is 7.98. The van der Waals surface area contributed by atoms with E-state index in [-0.39, 0.29) is 11.8 Å². The van der Waals surface area contributed by atoms with Gasteiger partial charge in [-0.25, -0.2) is 0 Å². The number of aryl methyl sites for hydroxylation is 1. The van der Waals surface area contributed by atoms with E-state index in [0.717, 1.165) is 57.3 Å². The second kappa shape index (κ2) is 8.33. The third kappa shape index (κ3) is 3.34. The first-order chi connectivity index (χ1) is 15.6. The minimum atomic E-state index is -0.355. The van der Waals surface area contributed by atoms with Crippen molar-refractivity contribution in [3.63, 3.8) is 0 Å². The van der Waals surface area contributed by atoms with Crippen LogP contribution in [0, 0.1) is 0 Å². The molecule has 0 radical (unpaired) electrons. The number of nitrogens with one attached hydrogen (secondary N) is 3. The van der Waals surface area contributed by atoms with Gasteiger partial charge in [-0.1, -0.05) is 18.2 Å². The smallest absolute Gasteiger partial charge is 0.259 e. The van der Waals surface area contributed by atoms with Gasteiger partial charge in [0.05, 0.1) is 11.1 Å². The van der Waals surface area contributed by atoms with Crippen molar-refractivity contribution in [3.05, 3.63) is 66.0 Å². The first-order valence-corrected chi connectivity index (χ1v) is 11.8. The maximum Gasteiger partial charge on any atom is 0.259 e. The lowest BCUT2D eigenvalue weighted by Gasteiger charge is -2.05. The fourth-order valence-corrected chi connectivity index (χ4v) is 4.90. The fraction of sp³-hybridized carbons (Fsp3) is 0.200. The van der Waals surface area contributed by atoms with Crippen LogP contribution in [0.3, 0.4) is 0 Å². The highest BCUT2D eigenvalue weighted by Crippen LogP contribution is 2.39. The molecule has 1 aliphatic rings. The van der Waals surface area contributed by atoms with E-state index in [0.29, 0.717) is 11.1 Å². The van der Waals surface area contributed by atoms with Gasteiger partial charge in [-0.3, -0.25) is 14.9 Å². The molecule has 4 aromatic rings. The highest BCUT2D eigenvalue weighted by atomic mass is 32.2. The number of rotatable bonds is 7. The Bertz CT molecular complexity index is 1400. The predicted molar refractivity (Wildman–Crippen MR) is 131 cm³/mol. The van der Waals surface area contributed by atoms with Gasteiger partial charge in [0.2, 0.25) is 0 Å². The Balaban J connectivity index is 1.76.